The molecule has 0 aromatic carbocycles. The van der Waals surface area contributed by atoms with Crippen LogP contribution in [0.25, 0.3) is 0 Å². The molecule has 2 heterocycles. The van der Waals surface area contributed by atoms with Gasteiger partial charge in [0.25, 0.3) is 0 Å². The van der Waals surface area contributed by atoms with Gasteiger partial charge in [0.05, 0.1) is 13.2 Å². The van der Waals surface area contributed by atoms with Gasteiger partial charge in [0.2, 0.25) is 0 Å². The summed E-state index contributed by atoms with van der Waals surface area (Å²) < 4.78 is 11.5. The summed E-state index contributed by atoms with van der Waals surface area (Å²) in [6, 6.07) is 0.434. The predicted octanol–water partition coefficient (Wildman–Crippen LogP) is 1.03. The van der Waals surface area contributed by atoms with Crippen molar-refractivity contribution in [3.63, 3.8) is 0 Å². The summed E-state index contributed by atoms with van der Waals surface area (Å²) in [4.78, 5) is 2.41. The lowest BCUT2D eigenvalue weighted by atomic mass is 9.92. The second-order valence-corrected chi connectivity index (χ2v) is 5.13. The molecule has 0 aromatic rings. The van der Waals surface area contributed by atoms with Gasteiger partial charge in [0, 0.05) is 32.2 Å². The normalized spacial score (nSPS) is 33.0. The number of aliphatic hydroxyl groups excluding tert-OH is 1. The van der Waals surface area contributed by atoms with Gasteiger partial charge in [0.15, 0.2) is 0 Å². The minimum atomic E-state index is -0.0804. The summed E-state index contributed by atoms with van der Waals surface area (Å²) in [7, 11) is 0. The fourth-order valence-corrected chi connectivity index (χ4v) is 3.10. The summed E-state index contributed by atoms with van der Waals surface area (Å²) in [6.45, 7) is 6.64. The van der Waals surface area contributed by atoms with Crippen molar-refractivity contribution in [1.29, 1.82) is 0 Å². The molecule has 0 bridgehead atoms. The van der Waals surface area contributed by atoms with Crippen molar-refractivity contribution < 1.29 is 14.6 Å². The Labute approximate surface area is 104 Å². The van der Waals surface area contributed by atoms with E-state index >= 15 is 0 Å². The Morgan fingerprint density at radius 2 is 2.24 bits per heavy atom. The summed E-state index contributed by atoms with van der Waals surface area (Å²) in [6.07, 6.45) is 4.46. The Morgan fingerprint density at radius 1 is 1.35 bits per heavy atom. The second kappa shape index (κ2) is 6.14. The van der Waals surface area contributed by atoms with E-state index in [4.69, 9.17) is 9.47 Å². The zero-order valence-electron chi connectivity index (χ0n) is 10.9. The van der Waals surface area contributed by atoms with Crippen molar-refractivity contribution in [2.45, 2.75) is 44.2 Å². The fourth-order valence-electron chi connectivity index (χ4n) is 3.10. The number of unbranched alkanes of at least 4 members (excludes halogenated alkanes) is 1. The van der Waals surface area contributed by atoms with E-state index in [9.17, 15) is 5.11 Å². The molecule has 2 fully saturated rings. The van der Waals surface area contributed by atoms with Gasteiger partial charge < -0.3 is 14.6 Å². The molecule has 100 valence electrons. The van der Waals surface area contributed by atoms with E-state index in [2.05, 4.69) is 11.8 Å². The minimum Gasteiger partial charge on any atom is -0.395 e. The third-order valence-electron chi connectivity index (χ3n) is 4.03. The van der Waals surface area contributed by atoms with E-state index in [0.717, 1.165) is 45.8 Å². The van der Waals surface area contributed by atoms with Gasteiger partial charge in [-0.15, -0.1) is 0 Å². The van der Waals surface area contributed by atoms with Crippen LogP contribution in [0.1, 0.15) is 32.6 Å². The largest absolute Gasteiger partial charge is 0.395 e. The molecule has 0 aliphatic carbocycles. The van der Waals surface area contributed by atoms with Gasteiger partial charge >= 0.3 is 0 Å². The molecule has 4 heteroatoms. The van der Waals surface area contributed by atoms with E-state index in [1.165, 1.54) is 12.8 Å². The van der Waals surface area contributed by atoms with Gasteiger partial charge in [-0.05, 0) is 19.4 Å². The minimum absolute atomic E-state index is 0.0804. The first-order chi connectivity index (χ1) is 8.32. The van der Waals surface area contributed by atoms with E-state index < -0.39 is 0 Å². The molecule has 0 amide bonds. The standard InChI is InChI=1S/C13H25NO3/c1-2-3-6-14(7-8-15)12-4-9-17-13(12)5-10-16-11-13/h12,15H,2-11H2,1H3. The highest BCUT2D eigenvalue weighted by molar-refractivity contribution is 5.01. The van der Waals surface area contributed by atoms with Gasteiger partial charge in [-0.3, -0.25) is 4.90 Å². The molecule has 2 rings (SSSR count). The number of aliphatic hydroxyl groups is 1. The van der Waals surface area contributed by atoms with Gasteiger partial charge in [0.1, 0.15) is 5.60 Å². The number of nitrogens with zero attached hydrogens (tertiary/aromatic N) is 1. The molecule has 2 unspecified atom stereocenters. The first-order valence-corrected chi connectivity index (χ1v) is 6.89. The van der Waals surface area contributed by atoms with Crippen molar-refractivity contribution >= 4 is 0 Å². The van der Waals surface area contributed by atoms with Crippen molar-refractivity contribution in [2.75, 3.05) is 39.5 Å². The molecule has 2 saturated heterocycles. The van der Waals surface area contributed by atoms with Crippen LogP contribution in [0.3, 0.4) is 0 Å². The Bertz CT molecular complexity index is 223. The van der Waals surface area contributed by atoms with Crippen molar-refractivity contribution in [3.05, 3.63) is 0 Å². The molecule has 4 nitrogen and oxygen atoms in total. The molecule has 17 heavy (non-hydrogen) atoms. The Kier molecular flexibility index (Phi) is 4.79. The lowest BCUT2D eigenvalue weighted by Crippen LogP contribution is -2.51. The summed E-state index contributed by atoms with van der Waals surface area (Å²) in [5, 5.41) is 9.21. The molecule has 0 radical (unpaired) electrons. The van der Waals surface area contributed by atoms with Crippen LogP contribution in [0.4, 0.5) is 0 Å². The smallest absolute Gasteiger partial charge is 0.109 e. The third-order valence-corrected chi connectivity index (χ3v) is 4.03. The molecule has 0 aromatic heterocycles. The molecule has 1 N–H and O–H groups in total. The SMILES string of the molecule is CCCCN(CCO)C1CCOC12CCOC2. The maximum absolute atomic E-state index is 9.21. The van der Waals surface area contributed by atoms with E-state index in [-0.39, 0.29) is 12.2 Å². The molecular formula is C13H25NO3. The summed E-state index contributed by atoms with van der Waals surface area (Å²) in [5.74, 6) is 0. The number of rotatable bonds is 6. The summed E-state index contributed by atoms with van der Waals surface area (Å²) >= 11 is 0. The zero-order chi connectivity index (χ0) is 12.1. The van der Waals surface area contributed by atoms with E-state index in [0.29, 0.717) is 6.04 Å². The van der Waals surface area contributed by atoms with Crippen LogP contribution in [-0.2, 0) is 9.47 Å². The van der Waals surface area contributed by atoms with Crippen LogP contribution < -0.4 is 0 Å². The average molecular weight is 243 g/mol. The lowest BCUT2D eigenvalue weighted by molar-refractivity contribution is -0.0460. The Morgan fingerprint density at radius 3 is 2.88 bits per heavy atom. The number of ether oxygens (including phenoxy) is 2. The fraction of sp³-hybridized carbons (Fsp3) is 1.00. The Hall–Kier alpha value is -0.160. The maximum Gasteiger partial charge on any atom is 0.109 e. The topological polar surface area (TPSA) is 41.9 Å². The van der Waals surface area contributed by atoms with Crippen molar-refractivity contribution in [3.8, 4) is 0 Å². The number of hydrogen-bond donors (Lipinski definition) is 1. The monoisotopic (exact) mass is 243 g/mol. The van der Waals surface area contributed by atoms with E-state index in [1.54, 1.807) is 0 Å². The highest BCUT2D eigenvalue weighted by atomic mass is 16.6. The van der Waals surface area contributed by atoms with Crippen molar-refractivity contribution in [2.24, 2.45) is 0 Å². The predicted molar refractivity (Wildman–Crippen MR) is 66.1 cm³/mol. The molecule has 2 atom stereocenters. The highest BCUT2D eigenvalue weighted by Gasteiger charge is 2.49. The van der Waals surface area contributed by atoms with Gasteiger partial charge in [-0.1, -0.05) is 13.3 Å². The molecule has 2 aliphatic rings. The maximum atomic E-state index is 9.21. The third kappa shape index (κ3) is 2.81. The molecule has 1 spiro atoms. The van der Waals surface area contributed by atoms with Crippen LogP contribution in [0.15, 0.2) is 0 Å². The van der Waals surface area contributed by atoms with Gasteiger partial charge in [-0.2, -0.15) is 0 Å². The molecule has 2 aliphatic heterocycles. The van der Waals surface area contributed by atoms with Crippen LogP contribution in [0, 0.1) is 0 Å². The molecular weight excluding hydrogens is 218 g/mol. The highest BCUT2D eigenvalue weighted by Crippen LogP contribution is 2.37. The quantitative estimate of drug-likeness (QED) is 0.756. The zero-order valence-corrected chi connectivity index (χ0v) is 10.9. The lowest BCUT2D eigenvalue weighted by Gasteiger charge is -2.37. The van der Waals surface area contributed by atoms with Crippen LogP contribution >= 0.6 is 0 Å². The Balaban J connectivity index is 2.00. The molecule has 0 saturated carbocycles. The summed E-state index contributed by atoms with van der Waals surface area (Å²) in [5.41, 5.74) is -0.0804. The van der Waals surface area contributed by atoms with Crippen LogP contribution in [0.2, 0.25) is 0 Å². The van der Waals surface area contributed by atoms with Crippen molar-refractivity contribution in [1.82, 2.24) is 4.90 Å². The van der Waals surface area contributed by atoms with Crippen LogP contribution in [-0.4, -0.2) is 61.2 Å². The number of hydrogen-bond acceptors (Lipinski definition) is 4. The van der Waals surface area contributed by atoms with Gasteiger partial charge in [-0.25, -0.2) is 0 Å². The first kappa shape index (κ1) is 13.3. The second-order valence-electron chi connectivity index (χ2n) is 5.13. The van der Waals surface area contributed by atoms with E-state index in [1.807, 2.05) is 0 Å². The van der Waals surface area contributed by atoms with Crippen LogP contribution in [0.5, 0.6) is 0 Å². The first-order valence-electron chi connectivity index (χ1n) is 6.89. The average Bonchev–Trinajstić information content (AvgIpc) is 2.96.